The summed E-state index contributed by atoms with van der Waals surface area (Å²) in [6.45, 7) is 4.62. The van der Waals surface area contributed by atoms with E-state index in [1.54, 1.807) is 0 Å². The third kappa shape index (κ3) is 2.44. The number of piperazine rings is 1. The normalized spacial score (nSPS) is 22.6. The first kappa shape index (κ1) is 14.7. The smallest absolute Gasteiger partial charge is 0.240 e. The second-order valence-corrected chi connectivity index (χ2v) is 6.84. The number of H-pyrrole nitrogens is 1. The van der Waals surface area contributed by atoms with Crippen LogP contribution in [0.3, 0.4) is 0 Å². The first-order chi connectivity index (χ1) is 11.2. The van der Waals surface area contributed by atoms with E-state index in [0.717, 1.165) is 45.6 Å². The molecule has 2 aliphatic rings. The largest absolute Gasteiger partial charge is 0.361 e. The molecule has 1 aromatic carbocycles. The lowest BCUT2D eigenvalue weighted by atomic mass is 9.83. The van der Waals surface area contributed by atoms with E-state index in [0.29, 0.717) is 0 Å². The molecule has 4 rings (SSSR count). The zero-order chi connectivity index (χ0) is 15.9. The van der Waals surface area contributed by atoms with E-state index in [1.165, 1.54) is 16.5 Å². The second-order valence-electron chi connectivity index (χ2n) is 6.84. The molecule has 0 bridgehead atoms. The molecule has 122 valence electrons. The highest BCUT2D eigenvalue weighted by atomic mass is 16.2. The van der Waals surface area contributed by atoms with Crippen molar-refractivity contribution in [3.05, 3.63) is 36.0 Å². The Morgan fingerprint density at radius 3 is 2.74 bits per heavy atom. The van der Waals surface area contributed by atoms with Gasteiger partial charge in [0.2, 0.25) is 5.91 Å². The fourth-order valence-corrected chi connectivity index (χ4v) is 4.08. The predicted octanol–water partition coefficient (Wildman–Crippen LogP) is 1.56. The van der Waals surface area contributed by atoms with Crippen molar-refractivity contribution in [3.8, 4) is 0 Å². The van der Waals surface area contributed by atoms with Crippen LogP contribution in [0.2, 0.25) is 0 Å². The van der Waals surface area contributed by atoms with Crippen LogP contribution in [0.1, 0.15) is 18.4 Å². The third-order valence-electron chi connectivity index (χ3n) is 5.64. The zero-order valence-corrected chi connectivity index (χ0v) is 13.6. The molecule has 0 aliphatic carbocycles. The first-order valence-electron chi connectivity index (χ1n) is 8.46. The van der Waals surface area contributed by atoms with Gasteiger partial charge >= 0.3 is 0 Å². The molecular weight excluding hydrogens is 288 g/mol. The molecule has 2 saturated heterocycles. The van der Waals surface area contributed by atoms with Crippen molar-refractivity contribution in [2.75, 3.05) is 33.2 Å². The number of aromatic nitrogens is 1. The molecule has 23 heavy (non-hydrogen) atoms. The van der Waals surface area contributed by atoms with E-state index in [4.69, 9.17) is 0 Å². The number of rotatable bonds is 2. The lowest BCUT2D eigenvalue weighted by Gasteiger charge is -2.48. The minimum absolute atomic E-state index is 0.220. The molecule has 5 nitrogen and oxygen atoms in total. The van der Waals surface area contributed by atoms with Crippen LogP contribution in [0.5, 0.6) is 0 Å². The number of carbonyl (C=O) groups is 1. The van der Waals surface area contributed by atoms with Crippen LogP contribution in [0.25, 0.3) is 10.9 Å². The number of hydrogen-bond acceptors (Lipinski definition) is 3. The Morgan fingerprint density at radius 1 is 1.17 bits per heavy atom. The van der Waals surface area contributed by atoms with Crippen molar-refractivity contribution in [2.24, 2.45) is 0 Å². The number of fused-ring (bicyclic) bond motifs is 1. The minimum Gasteiger partial charge on any atom is -0.361 e. The van der Waals surface area contributed by atoms with Crippen molar-refractivity contribution in [1.29, 1.82) is 0 Å². The molecule has 1 spiro atoms. The van der Waals surface area contributed by atoms with Gasteiger partial charge in [-0.15, -0.1) is 0 Å². The maximum Gasteiger partial charge on any atom is 0.240 e. The number of hydrogen-bond donors (Lipinski definition) is 2. The van der Waals surface area contributed by atoms with E-state index in [2.05, 4.69) is 57.6 Å². The topological polar surface area (TPSA) is 51.4 Å². The Hall–Kier alpha value is -1.85. The molecular formula is C18H24N4O. The number of piperidine rings is 1. The fraction of sp³-hybridized carbons (Fsp3) is 0.500. The van der Waals surface area contributed by atoms with Crippen molar-refractivity contribution in [1.82, 2.24) is 20.1 Å². The van der Waals surface area contributed by atoms with Gasteiger partial charge in [0.05, 0.1) is 0 Å². The SMILES string of the molecule is CN1CCNC(=O)C12CCN(Cc1c[nH]c3ccccc13)CC2. The van der Waals surface area contributed by atoms with Gasteiger partial charge in [-0.1, -0.05) is 18.2 Å². The van der Waals surface area contributed by atoms with E-state index in [9.17, 15) is 4.79 Å². The number of nitrogens with zero attached hydrogens (tertiary/aromatic N) is 2. The molecule has 0 unspecified atom stereocenters. The number of likely N-dealkylation sites (N-methyl/N-ethyl adjacent to an activating group) is 1. The summed E-state index contributed by atoms with van der Waals surface area (Å²) in [7, 11) is 2.09. The van der Waals surface area contributed by atoms with Crippen LogP contribution >= 0.6 is 0 Å². The van der Waals surface area contributed by atoms with Gasteiger partial charge in [0.1, 0.15) is 5.54 Å². The van der Waals surface area contributed by atoms with Gasteiger partial charge in [0, 0.05) is 49.8 Å². The first-order valence-corrected chi connectivity index (χ1v) is 8.46. The van der Waals surface area contributed by atoms with E-state index < -0.39 is 0 Å². The number of carbonyl (C=O) groups excluding carboxylic acids is 1. The molecule has 0 saturated carbocycles. The lowest BCUT2D eigenvalue weighted by Crippen LogP contribution is -2.66. The van der Waals surface area contributed by atoms with E-state index >= 15 is 0 Å². The van der Waals surface area contributed by atoms with Crippen LogP contribution in [0, 0.1) is 0 Å². The van der Waals surface area contributed by atoms with Crippen molar-refractivity contribution in [2.45, 2.75) is 24.9 Å². The average Bonchev–Trinajstić information content (AvgIpc) is 2.98. The summed E-state index contributed by atoms with van der Waals surface area (Å²) in [5, 5.41) is 4.36. The summed E-state index contributed by atoms with van der Waals surface area (Å²) in [5.74, 6) is 0.220. The van der Waals surface area contributed by atoms with Crippen molar-refractivity contribution < 1.29 is 4.79 Å². The molecule has 2 aliphatic heterocycles. The molecule has 3 heterocycles. The van der Waals surface area contributed by atoms with Gasteiger partial charge in [-0.2, -0.15) is 0 Å². The maximum atomic E-state index is 12.4. The number of para-hydroxylation sites is 1. The van der Waals surface area contributed by atoms with Gasteiger partial charge in [-0.3, -0.25) is 14.6 Å². The quantitative estimate of drug-likeness (QED) is 0.885. The molecule has 5 heteroatoms. The maximum absolute atomic E-state index is 12.4. The minimum atomic E-state index is -0.283. The van der Waals surface area contributed by atoms with Crippen LogP contribution in [-0.2, 0) is 11.3 Å². The van der Waals surface area contributed by atoms with Gasteiger partial charge in [-0.25, -0.2) is 0 Å². The molecule has 2 N–H and O–H groups in total. The Balaban J connectivity index is 1.46. The average molecular weight is 312 g/mol. The summed E-state index contributed by atoms with van der Waals surface area (Å²) >= 11 is 0. The lowest BCUT2D eigenvalue weighted by molar-refractivity contribution is -0.140. The number of nitrogens with one attached hydrogen (secondary N) is 2. The van der Waals surface area contributed by atoms with E-state index in [1.807, 2.05) is 0 Å². The Bertz CT molecular complexity index is 715. The Labute approximate surface area is 136 Å². The monoisotopic (exact) mass is 312 g/mol. The van der Waals surface area contributed by atoms with Crippen LogP contribution in [-0.4, -0.2) is 59.5 Å². The number of likely N-dealkylation sites (tertiary alicyclic amines) is 1. The number of benzene rings is 1. The van der Waals surface area contributed by atoms with Crippen LogP contribution in [0.4, 0.5) is 0 Å². The summed E-state index contributed by atoms with van der Waals surface area (Å²) in [5.41, 5.74) is 2.26. The second kappa shape index (κ2) is 5.65. The van der Waals surface area contributed by atoms with Gasteiger partial charge < -0.3 is 10.3 Å². The molecule has 0 radical (unpaired) electrons. The van der Waals surface area contributed by atoms with Crippen molar-refractivity contribution in [3.63, 3.8) is 0 Å². The molecule has 2 aromatic rings. The van der Waals surface area contributed by atoms with Crippen molar-refractivity contribution >= 4 is 16.8 Å². The van der Waals surface area contributed by atoms with E-state index in [-0.39, 0.29) is 11.4 Å². The van der Waals surface area contributed by atoms with Crippen LogP contribution in [0.15, 0.2) is 30.5 Å². The fourth-order valence-electron chi connectivity index (χ4n) is 4.08. The molecule has 0 atom stereocenters. The molecule has 2 fully saturated rings. The summed E-state index contributed by atoms with van der Waals surface area (Å²) in [6.07, 6.45) is 3.95. The van der Waals surface area contributed by atoms with Crippen LogP contribution < -0.4 is 5.32 Å². The molecule has 1 amide bonds. The highest BCUT2D eigenvalue weighted by Gasteiger charge is 2.46. The Kier molecular flexibility index (Phi) is 3.62. The standard InChI is InChI=1S/C18H24N4O/c1-21-11-8-19-17(23)18(21)6-9-22(10-7-18)13-14-12-20-16-5-3-2-4-15(14)16/h2-5,12,20H,6-11,13H2,1H3,(H,19,23). The highest BCUT2D eigenvalue weighted by molar-refractivity contribution is 5.87. The Morgan fingerprint density at radius 2 is 1.96 bits per heavy atom. The molecule has 1 aromatic heterocycles. The van der Waals surface area contributed by atoms with Gasteiger partial charge in [-0.05, 0) is 31.5 Å². The summed E-state index contributed by atoms with van der Waals surface area (Å²) in [6, 6.07) is 8.44. The van der Waals surface area contributed by atoms with Gasteiger partial charge in [0.15, 0.2) is 0 Å². The number of aromatic amines is 1. The van der Waals surface area contributed by atoms with Gasteiger partial charge in [0.25, 0.3) is 0 Å². The predicted molar refractivity (Wildman–Crippen MR) is 91.2 cm³/mol. The highest BCUT2D eigenvalue weighted by Crippen LogP contribution is 2.31. The third-order valence-corrected chi connectivity index (χ3v) is 5.64. The zero-order valence-electron chi connectivity index (χ0n) is 13.6. The summed E-state index contributed by atoms with van der Waals surface area (Å²) in [4.78, 5) is 20.5. The summed E-state index contributed by atoms with van der Waals surface area (Å²) < 4.78 is 0. The number of amides is 1.